The molecule has 2 aromatic rings. The average Bonchev–Trinajstić information content (AvgIpc) is 3.22. The Morgan fingerprint density at radius 3 is 3.04 bits per heavy atom. The molecule has 4 rings (SSSR count). The van der Waals surface area contributed by atoms with Crippen molar-refractivity contribution >= 4 is 5.91 Å². The molecular formula is C21H25N3O4. The summed E-state index contributed by atoms with van der Waals surface area (Å²) >= 11 is 0. The molecule has 3 heterocycles. The molecule has 2 aliphatic heterocycles. The molecule has 7 heteroatoms. The molecule has 1 atom stereocenters. The van der Waals surface area contributed by atoms with Gasteiger partial charge in [-0.3, -0.25) is 4.79 Å². The summed E-state index contributed by atoms with van der Waals surface area (Å²) in [5, 5.41) is 0. The van der Waals surface area contributed by atoms with Gasteiger partial charge in [0, 0.05) is 37.2 Å². The van der Waals surface area contributed by atoms with Gasteiger partial charge in [-0.25, -0.2) is 4.98 Å². The molecule has 0 spiro atoms. The maximum absolute atomic E-state index is 12.6. The van der Waals surface area contributed by atoms with E-state index in [0.29, 0.717) is 30.5 Å². The topological polar surface area (TPSA) is 73.8 Å². The second-order valence-electron chi connectivity index (χ2n) is 7.88. The molecular weight excluding hydrogens is 358 g/mol. The minimum Gasteiger partial charge on any atom is -0.483 e. The van der Waals surface area contributed by atoms with Crippen molar-refractivity contribution in [3.63, 3.8) is 0 Å². The molecule has 0 aliphatic carbocycles. The van der Waals surface area contributed by atoms with Crippen molar-refractivity contribution in [2.75, 3.05) is 19.7 Å². The molecule has 0 unspecified atom stereocenters. The van der Waals surface area contributed by atoms with Crippen LogP contribution in [0, 0.1) is 6.92 Å². The van der Waals surface area contributed by atoms with E-state index >= 15 is 0 Å². The van der Waals surface area contributed by atoms with E-state index in [4.69, 9.17) is 14.2 Å². The number of carbonyl (C=O) groups excluding carboxylic acids is 1. The lowest BCUT2D eigenvalue weighted by molar-refractivity contribution is -0.132. The van der Waals surface area contributed by atoms with Crippen molar-refractivity contribution < 1.29 is 19.0 Å². The fourth-order valence-electron chi connectivity index (χ4n) is 3.65. The molecule has 1 aromatic carbocycles. The first-order chi connectivity index (χ1) is 13.4. The van der Waals surface area contributed by atoms with Gasteiger partial charge in [-0.15, -0.1) is 0 Å². The first-order valence-electron chi connectivity index (χ1n) is 9.57. The quantitative estimate of drug-likeness (QED) is 0.790. The first kappa shape index (κ1) is 18.5. The molecule has 0 radical (unpaired) electrons. The molecule has 0 bridgehead atoms. The lowest BCUT2D eigenvalue weighted by atomic mass is 10.0. The van der Waals surface area contributed by atoms with Crippen LogP contribution in [0.3, 0.4) is 0 Å². The third-order valence-corrected chi connectivity index (χ3v) is 4.94. The van der Waals surface area contributed by atoms with E-state index in [1.807, 2.05) is 39.0 Å². The smallest absolute Gasteiger partial charge is 0.260 e. The standard InChI is InChI=1S/C21H25N3O4/c1-14-22-9-7-18(23-14)27-16-8-10-24(12-16)19(25)13-26-17-6-4-5-15-11-21(2,3)28-20(15)17/h4-7,9,16H,8,10-13H2,1-3H3/t16-/m1/s1. The van der Waals surface area contributed by atoms with E-state index in [9.17, 15) is 4.79 Å². The Morgan fingerprint density at radius 1 is 1.36 bits per heavy atom. The molecule has 2 aliphatic rings. The molecule has 0 saturated carbocycles. The number of aryl methyl sites for hydroxylation is 1. The van der Waals surface area contributed by atoms with Crippen LogP contribution in [0.4, 0.5) is 0 Å². The summed E-state index contributed by atoms with van der Waals surface area (Å²) in [7, 11) is 0. The number of hydrogen-bond acceptors (Lipinski definition) is 6. The Balaban J connectivity index is 1.32. The highest BCUT2D eigenvalue weighted by Gasteiger charge is 2.33. The number of hydrogen-bond donors (Lipinski definition) is 0. The van der Waals surface area contributed by atoms with Crippen molar-refractivity contribution in [3.05, 3.63) is 41.9 Å². The lowest BCUT2D eigenvalue weighted by Crippen LogP contribution is -2.34. The van der Waals surface area contributed by atoms with E-state index in [0.717, 1.165) is 24.2 Å². The number of rotatable bonds is 5. The van der Waals surface area contributed by atoms with Crippen LogP contribution >= 0.6 is 0 Å². The van der Waals surface area contributed by atoms with Gasteiger partial charge in [-0.2, -0.15) is 4.98 Å². The summed E-state index contributed by atoms with van der Waals surface area (Å²) in [4.78, 5) is 22.7. The van der Waals surface area contributed by atoms with Gasteiger partial charge in [0.15, 0.2) is 18.1 Å². The van der Waals surface area contributed by atoms with Crippen LogP contribution in [-0.2, 0) is 11.2 Å². The highest BCUT2D eigenvalue weighted by Crippen LogP contribution is 2.41. The molecule has 28 heavy (non-hydrogen) atoms. The number of amides is 1. The number of ether oxygens (including phenoxy) is 3. The predicted molar refractivity (Wildman–Crippen MR) is 103 cm³/mol. The van der Waals surface area contributed by atoms with Crippen LogP contribution in [0.15, 0.2) is 30.5 Å². The van der Waals surface area contributed by atoms with Crippen LogP contribution in [-0.4, -0.2) is 52.2 Å². The minimum absolute atomic E-state index is 0.0143. The number of aromatic nitrogens is 2. The van der Waals surface area contributed by atoms with Crippen LogP contribution in [0.5, 0.6) is 17.4 Å². The molecule has 1 amide bonds. The Labute approximate surface area is 164 Å². The summed E-state index contributed by atoms with van der Waals surface area (Å²) in [5.74, 6) is 2.53. The van der Waals surface area contributed by atoms with E-state index in [-0.39, 0.29) is 24.2 Å². The van der Waals surface area contributed by atoms with E-state index in [1.54, 1.807) is 17.2 Å². The fraction of sp³-hybridized carbons (Fsp3) is 0.476. The van der Waals surface area contributed by atoms with Crippen molar-refractivity contribution in [2.24, 2.45) is 0 Å². The summed E-state index contributed by atoms with van der Waals surface area (Å²) in [6, 6.07) is 7.56. The highest BCUT2D eigenvalue weighted by molar-refractivity contribution is 5.78. The Kier molecular flexibility index (Phi) is 4.83. The van der Waals surface area contributed by atoms with Gasteiger partial charge < -0.3 is 19.1 Å². The monoisotopic (exact) mass is 383 g/mol. The van der Waals surface area contributed by atoms with Gasteiger partial charge in [0.25, 0.3) is 5.91 Å². The van der Waals surface area contributed by atoms with Crippen LogP contribution in [0.2, 0.25) is 0 Å². The third-order valence-electron chi connectivity index (χ3n) is 4.94. The lowest BCUT2D eigenvalue weighted by Gasteiger charge is -2.19. The first-order valence-corrected chi connectivity index (χ1v) is 9.57. The number of nitrogens with zero attached hydrogens (tertiary/aromatic N) is 3. The number of benzene rings is 1. The predicted octanol–water partition coefficient (Wildman–Crippen LogP) is 2.56. The molecule has 1 aromatic heterocycles. The molecule has 0 N–H and O–H groups in total. The van der Waals surface area contributed by atoms with Gasteiger partial charge in [-0.05, 0) is 26.8 Å². The summed E-state index contributed by atoms with van der Waals surface area (Å²) in [5.41, 5.74) is 0.870. The zero-order valence-electron chi connectivity index (χ0n) is 16.5. The second-order valence-corrected chi connectivity index (χ2v) is 7.88. The Bertz CT molecular complexity index is 884. The van der Waals surface area contributed by atoms with Gasteiger partial charge in [0.2, 0.25) is 5.88 Å². The van der Waals surface area contributed by atoms with Crippen LogP contribution in [0.25, 0.3) is 0 Å². The largest absolute Gasteiger partial charge is 0.483 e. The summed E-state index contributed by atoms with van der Waals surface area (Å²) in [6.07, 6.45) is 3.21. The minimum atomic E-state index is -0.245. The van der Waals surface area contributed by atoms with E-state index in [2.05, 4.69) is 9.97 Å². The highest BCUT2D eigenvalue weighted by atomic mass is 16.5. The zero-order valence-corrected chi connectivity index (χ0v) is 16.5. The summed E-state index contributed by atoms with van der Waals surface area (Å²) in [6.45, 7) is 7.07. The van der Waals surface area contributed by atoms with E-state index < -0.39 is 0 Å². The van der Waals surface area contributed by atoms with E-state index in [1.165, 1.54) is 0 Å². The second kappa shape index (κ2) is 7.30. The maximum atomic E-state index is 12.6. The molecule has 7 nitrogen and oxygen atoms in total. The third kappa shape index (κ3) is 4.03. The number of likely N-dealkylation sites (tertiary alicyclic amines) is 1. The van der Waals surface area contributed by atoms with Gasteiger partial charge in [-0.1, -0.05) is 12.1 Å². The van der Waals surface area contributed by atoms with Crippen molar-refractivity contribution in [1.82, 2.24) is 14.9 Å². The van der Waals surface area contributed by atoms with Gasteiger partial charge >= 0.3 is 0 Å². The number of carbonyl (C=O) groups is 1. The molecule has 1 saturated heterocycles. The fourth-order valence-corrected chi connectivity index (χ4v) is 3.65. The normalized spacial score (nSPS) is 19.8. The zero-order chi connectivity index (χ0) is 19.7. The SMILES string of the molecule is Cc1nccc(O[C@@H]2CCN(C(=O)COc3cccc4c3OC(C)(C)C4)C2)n1. The summed E-state index contributed by atoms with van der Waals surface area (Å²) < 4.78 is 17.7. The van der Waals surface area contributed by atoms with Crippen molar-refractivity contribution in [1.29, 1.82) is 0 Å². The van der Waals surface area contributed by atoms with Crippen molar-refractivity contribution in [2.45, 2.75) is 45.3 Å². The number of para-hydroxylation sites is 1. The van der Waals surface area contributed by atoms with Gasteiger partial charge in [0.05, 0.1) is 6.54 Å². The Hall–Kier alpha value is -2.83. The van der Waals surface area contributed by atoms with Crippen LogP contribution < -0.4 is 14.2 Å². The van der Waals surface area contributed by atoms with Gasteiger partial charge in [0.1, 0.15) is 17.5 Å². The molecule has 1 fully saturated rings. The molecule has 148 valence electrons. The average molecular weight is 383 g/mol. The Morgan fingerprint density at radius 2 is 2.21 bits per heavy atom. The van der Waals surface area contributed by atoms with Crippen LogP contribution in [0.1, 0.15) is 31.7 Å². The van der Waals surface area contributed by atoms with Crippen molar-refractivity contribution in [3.8, 4) is 17.4 Å². The number of fused-ring (bicyclic) bond motifs is 1. The maximum Gasteiger partial charge on any atom is 0.260 e.